The van der Waals surface area contributed by atoms with Crippen molar-refractivity contribution < 1.29 is 9.32 Å². The largest absolute Gasteiger partial charge is 0.361 e. The fourth-order valence-corrected chi connectivity index (χ4v) is 2.26. The minimum absolute atomic E-state index is 0.0789. The molecule has 1 amide bonds. The van der Waals surface area contributed by atoms with Gasteiger partial charge in [-0.25, -0.2) is 0 Å². The van der Waals surface area contributed by atoms with Gasteiger partial charge in [0.25, 0.3) is 0 Å². The lowest BCUT2D eigenvalue weighted by atomic mass is 10.1. The third kappa shape index (κ3) is 3.54. The van der Waals surface area contributed by atoms with Crippen LogP contribution in [0.25, 0.3) is 0 Å². The molecule has 1 aliphatic rings. The fraction of sp³-hybridized carbons (Fsp3) is 0.692. The molecule has 19 heavy (non-hydrogen) atoms. The third-order valence-electron chi connectivity index (χ3n) is 3.52. The van der Waals surface area contributed by atoms with Crippen LogP contribution >= 0.6 is 0 Å². The van der Waals surface area contributed by atoms with E-state index in [2.05, 4.69) is 10.1 Å². The van der Waals surface area contributed by atoms with Crippen molar-refractivity contribution >= 4 is 5.91 Å². The van der Waals surface area contributed by atoms with E-state index in [1.807, 2.05) is 24.8 Å². The Kier molecular flexibility index (Phi) is 4.55. The third-order valence-corrected chi connectivity index (χ3v) is 3.52. The molecule has 1 fully saturated rings. The maximum atomic E-state index is 12.0. The first-order valence-corrected chi connectivity index (χ1v) is 6.73. The van der Waals surface area contributed by atoms with E-state index in [0.29, 0.717) is 6.54 Å². The Morgan fingerprint density at radius 2 is 2.16 bits per heavy atom. The highest BCUT2D eigenvalue weighted by atomic mass is 16.5. The van der Waals surface area contributed by atoms with Crippen molar-refractivity contribution in [1.29, 1.82) is 0 Å². The zero-order valence-corrected chi connectivity index (χ0v) is 11.6. The minimum Gasteiger partial charge on any atom is -0.361 e. The fourth-order valence-electron chi connectivity index (χ4n) is 2.26. The second kappa shape index (κ2) is 6.16. The summed E-state index contributed by atoms with van der Waals surface area (Å²) >= 11 is 0. The zero-order chi connectivity index (χ0) is 13.8. The first-order valence-electron chi connectivity index (χ1n) is 6.73. The molecule has 2 rings (SSSR count). The van der Waals surface area contributed by atoms with Gasteiger partial charge in [0.2, 0.25) is 5.91 Å². The van der Waals surface area contributed by atoms with Crippen LogP contribution in [0.1, 0.15) is 18.4 Å². The lowest BCUT2D eigenvalue weighted by Crippen LogP contribution is -2.50. The summed E-state index contributed by atoms with van der Waals surface area (Å²) < 4.78 is 5.06. The van der Waals surface area contributed by atoms with Gasteiger partial charge in [0, 0.05) is 51.3 Å². The smallest absolute Gasteiger partial charge is 0.226 e. The normalized spacial score (nSPS) is 18.6. The summed E-state index contributed by atoms with van der Waals surface area (Å²) in [6.45, 7) is 8.24. The molecule has 1 aromatic heterocycles. The van der Waals surface area contributed by atoms with Gasteiger partial charge in [-0.2, -0.15) is 0 Å². The highest BCUT2D eigenvalue weighted by Crippen LogP contribution is 2.10. The first kappa shape index (κ1) is 14.0. The Bertz CT molecular complexity index is 424. The van der Waals surface area contributed by atoms with Crippen LogP contribution in [0.2, 0.25) is 0 Å². The number of carbonyl (C=O) groups excluding carboxylic acids is 1. The van der Waals surface area contributed by atoms with Crippen molar-refractivity contribution in [3.63, 3.8) is 0 Å². The van der Waals surface area contributed by atoms with E-state index >= 15 is 0 Å². The maximum Gasteiger partial charge on any atom is 0.226 e. The van der Waals surface area contributed by atoms with Crippen molar-refractivity contribution in [2.45, 2.75) is 20.4 Å². The van der Waals surface area contributed by atoms with Crippen molar-refractivity contribution in [3.05, 3.63) is 17.5 Å². The molecule has 0 aromatic carbocycles. The predicted molar refractivity (Wildman–Crippen MR) is 71.3 cm³/mol. The standard InChI is InChI=1S/C13H22N4O2/c1-10(8-14)13(18)17-5-3-16(4-6-17)9-12-7-11(2)19-15-12/h7,10H,3-6,8-9,14H2,1-2H3. The SMILES string of the molecule is Cc1cc(CN2CCN(C(=O)C(C)CN)CC2)no1. The van der Waals surface area contributed by atoms with E-state index in [1.165, 1.54) is 0 Å². The van der Waals surface area contributed by atoms with Gasteiger partial charge in [-0.15, -0.1) is 0 Å². The molecule has 2 heterocycles. The quantitative estimate of drug-likeness (QED) is 0.844. The van der Waals surface area contributed by atoms with E-state index in [-0.39, 0.29) is 11.8 Å². The summed E-state index contributed by atoms with van der Waals surface area (Å²) in [6, 6.07) is 1.95. The number of hydrogen-bond donors (Lipinski definition) is 1. The van der Waals surface area contributed by atoms with Crippen LogP contribution in [0.3, 0.4) is 0 Å². The van der Waals surface area contributed by atoms with Crippen LogP contribution in [-0.2, 0) is 11.3 Å². The van der Waals surface area contributed by atoms with Crippen molar-refractivity contribution in [2.75, 3.05) is 32.7 Å². The van der Waals surface area contributed by atoms with Gasteiger partial charge in [-0.3, -0.25) is 9.69 Å². The molecule has 1 aliphatic heterocycles. The van der Waals surface area contributed by atoms with Gasteiger partial charge in [0.1, 0.15) is 5.76 Å². The van der Waals surface area contributed by atoms with Gasteiger partial charge in [-0.05, 0) is 6.92 Å². The molecule has 1 saturated heterocycles. The van der Waals surface area contributed by atoms with E-state index in [9.17, 15) is 4.79 Å². The Morgan fingerprint density at radius 1 is 1.47 bits per heavy atom. The molecule has 6 nitrogen and oxygen atoms in total. The lowest BCUT2D eigenvalue weighted by molar-refractivity contribution is -0.136. The summed E-state index contributed by atoms with van der Waals surface area (Å²) in [5.41, 5.74) is 6.49. The monoisotopic (exact) mass is 266 g/mol. The van der Waals surface area contributed by atoms with E-state index in [4.69, 9.17) is 10.3 Å². The molecule has 0 bridgehead atoms. The number of nitrogens with two attached hydrogens (primary N) is 1. The number of carbonyl (C=O) groups is 1. The van der Waals surface area contributed by atoms with E-state index < -0.39 is 0 Å². The van der Waals surface area contributed by atoms with Crippen LogP contribution in [-0.4, -0.2) is 53.6 Å². The average Bonchev–Trinajstić information content (AvgIpc) is 2.83. The number of rotatable bonds is 4. The van der Waals surface area contributed by atoms with Crippen LogP contribution in [0, 0.1) is 12.8 Å². The highest BCUT2D eigenvalue weighted by molar-refractivity contribution is 5.78. The predicted octanol–water partition coefficient (Wildman–Crippen LogP) is 0.222. The molecule has 0 spiro atoms. The molecule has 6 heteroatoms. The Morgan fingerprint density at radius 3 is 2.68 bits per heavy atom. The molecule has 1 aromatic rings. The second-order valence-electron chi connectivity index (χ2n) is 5.17. The van der Waals surface area contributed by atoms with Gasteiger partial charge in [0.15, 0.2) is 0 Å². The molecule has 2 N–H and O–H groups in total. The Hall–Kier alpha value is -1.40. The van der Waals surface area contributed by atoms with Gasteiger partial charge in [-0.1, -0.05) is 12.1 Å². The second-order valence-corrected chi connectivity index (χ2v) is 5.17. The Labute approximate surface area is 113 Å². The average molecular weight is 266 g/mol. The topological polar surface area (TPSA) is 75.6 Å². The summed E-state index contributed by atoms with van der Waals surface area (Å²) in [6.07, 6.45) is 0. The summed E-state index contributed by atoms with van der Waals surface area (Å²) in [5.74, 6) is 0.921. The molecule has 1 unspecified atom stereocenters. The summed E-state index contributed by atoms with van der Waals surface area (Å²) in [5, 5.41) is 3.99. The molecular weight excluding hydrogens is 244 g/mol. The molecule has 0 saturated carbocycles. The van der Waals surface area contributed by atoms with Crippen molar-refractivity contribution in [2.24, 2.45) is 11.7 Å². The minimum atomic E-state index is -0.0789. The molecule has 0 radical (unpaired) electrons. The Balaban J connectivity index is 1.81. The van der Waals surface area contributed by atoms with Gasteiger partial charge in [0.05, 0.1) is 5.69 Å². The summed E-state index contributed by atoms with van der Waals surface area (Å²) in [7, 11) is 0. The van der Waals surface area contributed by atoms with E-state index in [0.717, 1.165) is 44.2 Å². The number of amides is 1. The number of nitrogens with zero attached hydrogens (tertiary/aromatic N) is 3. The molecule has 106 valence electrons. The van der Waals surface area contributed by atoms with Crippen LogP contribution in [0.4, 0.5) is 0 Å². The highest BCUT2D eigenvalue weighted by Gasteiger charge is 2.24. The van der Waals surface area contributed by atoms with Crippen molar-refractivity contribution in [3.8, 4) is 0 Å². The van der Waals surface area contributed by atoms with Crippen LogP contribution in [0.5, 0.6) is 0 Å². The molecule has 0 aliphatic carbocycles. The van der Waals surface area contributed by atoms with E-state index in [1.54, 1.807) is 0 Å². The zero-order valence-electron chi connectivity index (χ0n) is 11.6. The van der Waals surface area contributed by atoms with Crippen molar-refractivity contribution in [1.82, 2.24) is 15.0 Å². The number of hydrogen-bond acceptors (Lipinski definition) is 5. The lowest BCUT2D eigenvalue weighted by Gasteiger charge is -2.35. The number of piperazine rings is 1. The molecule has 1 atom stereocenters. The first-order chi connectivity index (χ1) is 9.10. The summed E-state index contributed by atoms with van der Waals surface area (Å²) in [4.78, 5) is 16.2. The maximum absolute atomic E-state index is 12.0. The van der Waals surface area contributed by atoms with Crippen LogP contribution < -0.4 is 5.73 Å². The van der Waals surface area contributed by atoms with Crippen LogP contribution in [0.15, 0.2) is 10.6 Å². The number of aromatic nitrogens is 1. The van der Waals surface area contributed by atoms with Gasteiger partial charge >= 0.3 is 0 Å². The number of aryl methyl sites for hydroxylation is 1. The van der Waals surface area contributed by atoms with Gasteiger partial charge < -0.3 is 15.2 Å². The molecular formula is C13H22N4O2.